The van der Waals surface area contributed by atoms with Crippen LogP contribution >= 0.6 is 0 Å². The maximum atomic E-state index is 12.1. The molecule has 108 valence electrons. The topological polar surface area (TPSA) is 47.6 Å². The van der Waals surface area contributed by atoms with E-state index >= 15 is 0 Å². The van der Waals surface area contributed by atoms with Gasteiger partial charge in [0.1, 0.15) is 0 Å². The summed E-state index contributed by atoms with van der Waals surface area (Å²) in [5, 5.41) is 2.93. The molecule has 4 nitrogen and oxygen atoms in total. The third kappa shape index (κ3) is 3.53. The fraction of sp³-hybridized carbons (Fsp3) is 0.438. The van der Waals surface area contributed by atoms with Gasteiger partial charge in [0.05, 0.1) is 13.2 Å². The van der Waals surface area contributed by atoms with Crippen molar-refractivity contribution in [1.29, 1.82) is 0 Å². The predicted octanol–water partition coefficient (Wildman–Crippen LogP) is 3.39. The molecule has 0 aliphatic heterocycles. The maximum absolute atomic E-state index is 12.1. The molecular weight excluding hydrogens is 254 g/mol. The van der Waals surface area contributed by atoms with Crippen LogP contribution in [-0.2, 0) is 4.79 Å². The molecule has 0 saturated heterocycles. The zero-order chi connectivity index (χ0) is 14.5. The number of methoxy groups -OCH3 is 1. The molecule has 1 aromatic rings. The van der Waals surface area contributed by atoms with Crippen molar-refractivity contribution in [2.75, 3.05) is 12.4 Å². The van der Waals surface area contributed by atoms with Crippen LogP contribution in [0.2, 0.25) is 0 Å². The Labute approximate surface area is 119 Å². The largest absolute Gasteiger partial charge is 0.493 e. The van der Waals surface area contributed by atoms with E-state index in [9.17, 15) is 4.79 Å². The number of hydrogen-bond acceptors (Lipinski definition) is 3. The summed E-state index contributed by atoms with van der Waals surface area (Å²) < 4.78 is 11.0. The van der Waals surface area contributed by atoms with Gasteiger partial charge in [0.2, 0.25) is 5.91 Å². The van der Waals surface area contributed by atoms with Crippen molar-refractivity contribution in [2.45, 2.75) is 32.8 Å². The first-order valence-electron chi connectivity index (χ1n) is 6.90. The Balaban J connectivity index is 2.09. The van der Waals surface area contributed by atoms with E-state index in [2.05, 4.69) is 5.32 Å². The summed E-state index contributed by atoms with van der Waals surface area (Å²) in [6.07, 6.45) is 5.78. The highest BCUT2D eigenvalue weighted by Crippen LogP contribution is 2.31. The van der Waals surface area contributed by atoms with Crippen LogP contribution in [0.5, 0.6) is 11.5 Å². The van der Waals surface area contributed by atoms with E-state index in [4.69, 9.17) is 9.47 Å². The van der Waals surface area contributed by atoms with E-state index in [1.165, 1.54) is 0 Å². The molecule has 20 heavy (non-hydrogen) atoms. The van der Waals surface area contributed by atoms with Gasteiger partial charge in [0, 0.05) is 17.7 Å². The minimum absolute atomic E-state index is 0.0477. The zero-order valence-corrected chi connectivity index (χ0v) is 12.2. The average Bonchev–Trinajstić information content (AvgIpc) is 2.92. The summed E-state index contributed by atoms with van der Waals surface area (Å²) in [4.78, 5) is 12.1. The fourth-order valence-corrected chi connectivity index (χ4v) is 2.18. The van der Waals surface area contributed by atoms with Crippen LogP contribution in [0.3, 0.4) is 0 Å². The van der Waals surface area contributed by atoms with E-state index in [1.807, 2.05) is 32.1 Å². The minimum atomic E-state index is 0.0477. The molecular formula is C16H21NO3. The average molecular weight is 275 g/mol. The molecule has 2 rings (SSSR count). The Morgan fingerprint density at radius 2 is 1.95 bits per heavy atom. The molecule has 1 amide bonds. The Hall–Kier alpha value is -1.97. The smallest absolute Gasteiger partial charge is 0.228 e. The lowest BCUT2D eigenvalue weighted by Gasteiger charge is -2.16. The van der Waals surface area contributed by atoms with E-state index in [-0.39, 0.29) is 17.9 Å². The van der Waals surface area contributed by atoms with Crippen LogP contribution < -0.4 is 14.8 Å². The first-order chi connectivity index (χ1) is 9.60. The van der Waals surface area contributed by atoms with E-state index in [0.29, 0.717) is 11.5 Å². The summed E-state index contributed by atoms with van der Waals surface area (Å²) in [7, 11) is 1.60. The van der Waals surface area contributed by atoms with Crippen molar-refractivity contribution in [3.63, 3.8) is 0 Å². The molecule has 0 radical (unpaired) electrons. The second kappa shape index (κ2) is 6.46. The predicted molar refractivity (Wildman–Crippen MR) is 79.3 cm³/mol. The van der Waals surface area contributed by atoms with Crippen molar-refractivity contribution in [2.24, 2.45) is 5.92 Å². The Bertz CT molecular complexity index is 500. The SMILES string of the molecule is COc1ccc(NC(=O)C2CC=CC2)cc1OC(C)C. The van der Waals surface area contributed by atoms with Crippen LogP contribution in [0.4, 0.5) is 5.69 Å². The van der Waals surface area contributed by atoms with Crippen molar-refractivity contribution in [3.05, 3.63) is 30.4 Å². The van der Waals surface area contributed by atoms with Crippen LogP contribution in [0, 0.1) is 5.92 Å². The third-order valence-corrected chi connectivity index (χ3v) is 3.17. The summed E-state index contributed by atoms with van der Waals surface area (Å²) in [5.41, 5.74) is 0.735. The first kappa shape index (κ1) is 14.4. The standard InChI is InChI=1S/C16H21NO3/c1-11(2)20-15-10-13(8-9-14(15)19-3)17-16(18)12-6-4-5-7-12/h4-5,8-12H,6-7H2,1-3H3,(H,17,18). The van der Waals surface area contributed by atoms with Gasteiger partial charge in [-0.2, -0.15) is 0 Å². The van der Waals surface area contributed by atoms with Gasteiger partial charge in [-0.1, -0.05) is 12.2 Å². The van der Waals surface area contributed by atoms with Crippen LogP contribution in [-0.4, -0.2) is 19.1 Å². The van der Waals surface area contributed by atoms with Crippen molar-refractivity contribution < 1.29 is 14.3 Å². The van der Waals surface area contributed by atoms with Crippen molar-refractivity contribution in [1.82, 2.24) is 0 Å². The zero-order valence-electron chi connectivity index (χ0n) is 12.2. The number of allylic oxidation sites excluding steroid dienone is 2. The van der Waals surface area contributed by atoms with Gasteiger partial charge >= 0.3 is 0 Å². The number of hydrogen-bond donors (Lipinski definition) is 1. The summed E-state index contributed by atoms with van der Waals surface area (Å²) in [6.45, 7) is 3.91. The molecule has 0 heterocycles. The van der Waals surface area contributed by atoms with Gasteiger partial charge in [-0.25, -0.2) is 0 Å². The molecule has 1 aliphatic rings. The monoisotopic (exact) mass is 275 g/mol. The molecule has 4 heteroatoms. The molecule has 0 atom stereocenters. The lowest BCUT2D eigenvalue weighted by molar-refractivity contribution is -0.119. The van der Waals surface area contributed by atoms with Gasteiger partial charge in [-0.3, -0.25) is 4.79 Å². The van der Waals surface area contributed by atoms with E-state index in [0.717, 1.165) is 18.5 Å². The van der Waals surface area contributed by atoms with E-state index < -0.39 is 0 Å². The molecule has 0 aromatic heterocycles. The minimum Gasteiger partial charge on any atom is -0.493 e. The van der Waals surface area contributed by atoms with Crippen LogP contribution in [0.25, 0.3) is 0 Å². The van der Waals surface area contributed by atoms with E-state index in [1.54, 1.807) is 19.2 Å². The number of anilines is 1. The van der Waals surface area contributed by atoms with Gasteiger partial charge in [-0.05, 0) is 38.8 Å². The normalized spacial score (nSPS) is 14.6. The molecule has 0 saturated carbocycles. The third-order valence-electron chi connectivity index (χ3n) is 3.17. The molecule has 1 N–H and O–H groups in total. The number of benzene rings is 1. The highest BCUT2D eigenvalue weighted by atomic mass is 16.5. The van der Waals surface area contributed by atoms with Crippen LogP contribution in [0.1, 0.15) is 26.7 Å². The first-order valence-corrected chi connectivity index (χ1v) is 6.90. The van der Waals surface area contributed by atoms with Gasteiger partial charge in [0.25, 0.3) is 0 Å². The number of amides is 1. The molecule has 0 fully saturated rings. The molecule has 1 aromatic carbocycles. The second-order valence-corrected chi connectivity index (χ2v) is 5.16. The quantitative estimate of drug-likeness (QED) is 0.838. The number of nitrogens with one attached hydrogen (secondary N) is 1. The van der Waals surface area contributed by atoms with Crippen molar-refractivity contribution in [3.8, 4) is 11.5 Å². The highest BCUT2D eigenvalue weighted by molar-refractivity contribution is 5.93. The lowest BCUT2D eigenvalue weighted by Crippen LogP contribution is -2.20. The summed E-state index contributed by atoms with van der Waals surface area (Å²) in [6, 6.07) is 5.44. The number of ether oxygens (including phenoxy) is 2. The Morgan fingerprint density at radius 1 is 1.25 bits per heavy atom. The Kier molecular flexibility index (Phi) is 4.66. The second-order valence-electron chi connectivity index (χ2n) is 5.16. The van der Waals surface area contributed by atoms with Gasteiger partial charge in [0.15, 0.2) is 11.5 Å². The summed E-state index contributed by atoms with van der Waals surface area (Å²) >= 11 is 0. The molecule has 0 bridgehead atoms. The number of carbonyl (C=O) groups excluding carboxylic acids is 1. The number of carbonyl (C=O) groups is 1. The Morgan fingerprint density at radius 3 is 2.55 bits per heavy atom. The van der Waals surface area contributed by atoms with Gasteiger partial charge in [-0.15, -0.1) is 0 Å². The lowest BCUT2D eigenvalue weighted by atomic mass is 10.1. The van der Waals surface area contributed by atoms with Gasteiger partial charge < -0.3 is 14.8 Å². The summed E-state index contributed by atoms with van der Waals surface area (Å²) in [5.74, 6) is 1.41. The number of rotatable bonds is 5. The maximum Gasteiger partial charge on any atom is 0.228 e. The molecule has 0 spiro atoms. The van der Waals surface area contributed by atoms with Crippen molar-refractivity contribution >= 4 is 11.6 Å². The van der Waals surface area contributed by atoms with Crippen LogP contribution in [0.15, 0.2) is 30.4 Å². The molecule has 0 unspecified atom stereocenters. The molecule has 1 aliphatic carbocycles. The highest BCUT2D eigenvalue weighted by Gasteiger charge is 2.19. The fourth-order valence-electron chi connectivity index (χ4n) is 2.18.